The normalized spacial score (nSPS) is 21.9. The molecular formula is C28H25FN2O5. The first-order valence-electron chi connectivity index (χ1n) is 11.6. The number of ether oxygens (including phenoxy) is 2. The summed E-state index contributed by atoms with van der Waals surface area (Å²) in [5, 5.41) is 10.7. The van der Waals surface area contributed by atoms with Gasteiger partial charge in [0.05, 0.1) is 6.61 Å². The zero-order valence-corrected chi connectivity index (χ0v) is 19.2. The molecule has 4 aromatic rings. The van der Waals surface area contributed by atoms with Crippen LogP contribution in [-0.2, 0) is 15.1 Å². The van der Waals surface area contributed by atoms with Crippen LogP contribution in [0.3, 0.4) is 0 Å². The third-order valence-electron chi connectivity index (χ3n) is 6.42. The quantitative estimate of drug-likeness (QED) is 0.390. The zero-order chi connectivity index (χ0) is 25.1. The van der Waals surface area contributed by atoms with Crippen molar-refractivity contribution in [3.63, 3.8) is 0 Å². The summed E-state index contributed by atoms with van der Waals surface area (Å²) in [6, 6.07) is 30.0. The molecule has 8 heteroatoms. The molecule has 1 aromatic heterocycles. The Bertz CT molecular complexity index is 1310. The third kappa shape index (κ3) is 4.30. The maximum atomic E-state index is 15.1. The van der Waals surface area contributed by atoms with Crippen LogP contribution in [0.15, 0.2) is 113 Å². The number of H-pyrrole nitrogens is 1. The number of halogens is 1. The minimum absolute atomic E-state index is 0.172. The van der Waals surface area contributed by atoms with Gasteiger partial charge in [-0.1, -0.05) is 91.0 Å². The fourth-order valence-corrected chi connectivity index (χ4v) is 4.67. The van der Waals surface area contributed by atoms with Gasteiger partial charge in [-0.3, -0.25) is 14.3 Å². The van der Waals surface area contributed by atoms with Gasteiger partial charge in [-0.2, -0.15) is 0 Å². The van der Waals surface area contributed by atoms with E-state index in [1.54, 1.807) is 0 Å². The second-order valence-corrected chi connectivity index (χ2v) is 8.61. The maximum Gasteiger partial charge on any atom is 0.330 e. The van der Waals surface area contributed by atoms with Crippen molar-refractivity contribution in [3.05, 3.63) is 141 Å². The van der Waals surface area contributed by atoms with E-state index in [0.717, 1.165) is 33.5 Å². The Kier molecular flexibility index (Phi) is 6.65. The average Bonchev–Trinajstić information content (AvgIpc) is 3.19. The summed E-state index contributed by atoms with van der Waals surface area (Å²) in [7, 11) is 0. The Balaban J connectivity index is 1.52. The average molecular weight is 489 g/mol. The molecule has 1 aliphatic rings. The van der Waals surface area contributed by atoms with E-state index in [4.69, 9.17) is 9.47 Å². The standard InChI is InChI=1S/C28H25FN2O5/c29-24-25(33)22(36-26(24)31-17-16-23(32)30-27(31)34)18-35-28(19-10-4-1-5-11-19,20-12-6-2-7-13-20)21-14-8-3-9-15-21/h1-17,22,24-26,33H,18H2,(H,30,32,34). The van der Waals surface area contributed by atoms with E-state index in [0.29, 0.717) is 0 Å². The maximum absolute atomic E-state index is 15.1. The number of rotatable bonds is 7. The van der Waals surface area contributed by atoms with Crippen LogP contribution in [0, 0.1) is 0 Å². The molecule has 4 atom stereocenters. The Morgan fingerprint density at radius 2 is 1.36 bits per heavy atom. The molecule has 0 saturated carbocycles. The number of aliphatic hydroxyl groups excluding tert-OH is 1. The van der Waals surface area contributed by atoms with E-state index in [1.165, 1.54) is 0 Å². The Labute approximate surface area is 206 Å². The highest BCUT2D eigenvalue weighted by Crippen LogP contribution is 2.41. The molecule has 2 heterocycles. The second kappa shape index (κ2) is 10.0. The van der Waals surface area contributed by atoms with Crippen LogP contribution in [0.4, 0.5) is 4.39 Å². The van der Waals surface area contributed by atoms with Crippen molar-refractivity contribution in [2.45, 2.75) is 30.2 Å². The highest BCUT2D eigenvalue weighted by atomic mass is 19.1. The topological polar surface area (TPSA) is 93.5 Å². The summed E-state index contributed by atoms with van der Waals surface area (Å²) in [6.45, 7) is -0.172. The largest absolute Gasteiger partial charge is 0.387 e. The predicted molar refractivity (Wildman–Crippen MR) is 131 cm³/mol. The first kappa shape index (κ1) is 23.9. The summed E-state index contributed by atoms with van der Waals surface area (Å²) in [5.41, 5.74) is 0.0332. The zero-order valence-electron chi connectivity index (χ0n) is 19.2. The number of aromatic amines is 1. The Hall–Kier alpha value is -3.85. The molecule has 7 nitrogen and oxygen atoms in total. The molecule has 2 N–H and O–H groups in total. The van der Waals surface area contributed by atoms with Gasteiger partial charge in [0.15, 0.2) is 12.4 Å². The van der Waals surface area contributed by atoms with E-state index in [9.17, 15) is 14.7 Å². The molecule has 1 saturated heterocycles. The Morgan fingerprint density at radius 1 is 0.861 bits per heavy atom. The summed E-state index contributed by atoms with van der Waals surface area (Å²) >= 11 is 0. The molecule has 0 amide bonds. The van der Waals surface area contributed by atoms with Gasteiger partial charge >= 0.3 is 5.69 Å². The summed E-state index contributed by atoms with van der Waals surface area (Å²) in [6.07, 6.45) is -4.77. The highest BCUT2D eigenvalue weighted by molar-refractivity contribution is 5.47. The van der Waals surface area contributed by atoms with Gasteiger partial charge in [-0.05, 0) is 16.7 Å². The molecule has 1 fully saturated rings. The lowest BCUT2D eigenvalue weighted by Crippen LogP contribution is -2.39. The minimum Gasteiger partial charge on any atom is -0.387 e. The van der Waals surface area contributed by atoms with Crippen molar-refractivity contribution >= 4 is 0 Å². The Morgan fingerprint density at radius 3 is 1.83 bits per heavy atom. The van der Waals surface area contributed by atoms with Crippen LogP contribution in [0.2, 0.25) is 0 Å². The number of aromatic nitrogens is 2. The smallest absolute Gasteiger partial charge is 0.330 e. The molecule has 5 rings (SSSR count). The first-order valence-corrected chi connectivity index (χ1v) is 11.6. The van der Waals surface area contributed by atoms with E-state index < -0.39 is 41.5 Å². The van der Waals surface area contributed by atoms with Crippen molar-refractivity contribution in [1.82, 2.24) is 9.55 Å². The lowest BCUT2D eigenvalue weighted by atomic mass is 9.80. The van der Waals surface area contributed by atoms with E-state index >= 15 is 4.39 Å². The van der Waals surface area contributed by atoms with Crippen LogP contribution in [0.25, 0.3) is 0 Å². The molecule has 184 valence electrons. The number of nitrogens with zero attached hydrogens (tertiary/aromatic N) is 1. The predicted octanol–water partition coefficient (Wildman–Crippen LogP) is 3.14. The van der Waals surface area contributed by atoms with Gasteiger partial charge in [0.25, 0.3) is 5.56 Å². The lowest BCUT2D eigenvalue weighted by Gasteiger charge is -2.37. The van der Waals surface area contributed by atoms with Crippen molar-refractivity contribution in [2.24, 2.45) is 0 Å². The monoisotopic (exact) mass is 488 g/mol. The van der Waals surface area contributed by atoms with E-state index in [-0.39, 0.29) is 6.61 Å². The van der Waals surface area contributed by atoms with Gasteiger partial charge in [-0.25, -0.2) is 9.18 Å². The molecular weight excluding hydrogens is 463 g/mol. The van der Waals surface area contributed by atoms with Gasteiger partial charge in [0.2, 0.25) is 0 Å². The van der Waals surface area contributed by atoms with Crippen molar-refractivity contribution in [2.75, 3.05) is 6.61 Å². The SMILES string of the molecule is O=c1ccn(C2OC(COC(c3ccccc3)(c3ccccc3)c3ccccc3)C(O)C2F)c(=O)[nH]1. The fraction of sp³-hybridized carbons (Fsp3) is 0.214. The number of nitrogens with one attached hydrogen (secondary N) is 1. The number of aliphatic hydroxyl groups is 1. The van der Waals surface area contributed by atoms with Crippen LogP contribution >= 0.6 is 0 Å². The molecule has 0 aliphatic carbocycles. The van der Waals surface area contributed by atoms with Crippen LogP contribution < -0.4 is 11.2 Å². The number of hydrogen-bond donors (Lipinski definition) is 2. The van der Waals surface area contributed by atoms with Gasteiger partial charge < -0.3 is 14.6 Å². The molecule has 0 spiro atoms. The van der Waals surface area contributed by atoms with Crippen LogP contribution in [0.5, 0.6) is 0 Å². The van der Waals surface area contributed by atoms with Gasteiger partial charge in [0.1, 0.15) is 17.8 Å². The number of alkyl halides is 1. The van der Waals surface area contributed by atoms with Gasteiger partial charge in [-0.15, -0.1) is 0 Å². The van der Waals surface area contributed by atoms with E-state index in [2.05, 4.69) is 4.98 Å². The van der Waals surface area contributed by atoms with Crippen molar-refractivity contribution < 1.29 is 19.0 Å². The van der Waals surface area contributed by atoms with Crippen molar-refractivity contribution in [3.8, 4) is 0 Å². The molecule has 3 aromatic carbocycles. The third-order valence-corrected chi connectivity index (χ3v) is 6.42. The lowest BCUT2D eigenvalue weighted by molar-refractivity contribution is -0.0950. The van der Waals surface area contributed by atoms with E-state index in [1.807, 2.05) is 91.0 Å². The summed E-state index contributed by atoms with van der Waals surface area (Å²) in [4.78, 5) is 25.7. The summed E-state index contributed by atoms with van der Waals surface area (Å²) in [5.74, 6) is 0. The highest BCUT2D eigenvalue weighted by Gasteiger charge is 2.47. The van der Waals surface area contributed by atoms with Crippen LogP contribution in [0.1, 0.15) is 22.9 Å². The molecule has 0 radical (unpaired) electrons. The molecule has 4 unspecified atom stereocenters. The molecule has 1 aliphatic heterocycles. The molecule has 0 bridgehead atoms. The van der Waals surface area contributed by atoms with Crippen molar-refractivity contribution in [1.29, 1.82) is 0 Å². The number of hydrogen-bond acceptors (Lipinski definition) is 5. The van der Waals surface area contributed by atoms with Crippen LogP contribution in [-0.4, -0.2) is 39.6 Å². The second-order valence-electron chi connectivity index (χ2n) is 8.61. The summed E-state index contributed by atoms with van der Waals surface area (Å²) < 4.78 is 28.4. The molecule has 36 heavy (non-hydrogen) atoms. The first-order chi connectivity index (χ1) is 17.5. The van der Waals surface area contributed by atoms with Gasteiger partial charge in [0, 0.05) is 12.3 Å². The fourth-order valence-electron chi connectivity index (χ4n) is 4.67. The number of benzene rings is 3. The minimum atomic E-state index is -1.90.